The summed E-state index contributed by atoms with van der Waals surface area (Å²) in [4.78, 5) is 20.6. The molecule has 0 aliphatic rings. The second-order valence-electron chi connectivity index (χ2n) is 5.77. The monoisotopic (exact) mass is 367 g/mol. The normalized spacial score (nSPS) is 10.9. The molecule has 2 rings (SSSR count). The number of rotatable bonds is 8. The van der Waals surface area contributed by atoms with Gasteiger partial charge in [0.2, 0.25) is 5.88 Å². The molecule has 0 saturated carbocycles. The van der Waals surface area contributed by atoms with Gasteiger partial charge in [-0.25, -0.2) is 9.97 Å². The molecule has 0 aromatic carbocycles. The van der Waals surface area contributed by atoms with Crippen LogP contribution in [0, 0.1) is 6.92 Å². The zero-order valence-corrected chi connectivity index (χ0v) is 15.7. The fourth-order valence-electron chi connectivity index (χ4n) is 2.08. The van der Waals surface area contributed by atoms with Crippen LogP contribution in [0.3, 0.4) is 0 Å². The Hall–Kier alpha value is -1.66. The van der Waals surface area contributed by atoms with Crippen LogP contribution in [0.1, 0.15) is 47.7 Å². The maximum atomic E-state index is 12.1. The lowest BCUT2D eigenvalue weighted by Gasteiger charge is -2.11. The highest BCUT2D eigenvalue weighted by atomic mass is 35.5. The summed E-state index contributed by atoms with van der Waals surface area (Å²) in [6, 6.07) is 1.58. The molecule has 0 atom stereocenters. The van der Waals surface area contributed by atoms with Gasteiger partial charge in [-0.1, -0.05) is 11.6 Å². The number of carbonyl (C=O) groups is 1. The molecule has 2 aromatic rings. The molecule has 7 heteroatoms. The van der Waals surface area contributed by atoms with E-state index < -0.39 is 0 Å². The molecular formula is C17H22ClN3O2S. The average Bonchev–Trinajstić information content (AvgIpc) is 2.94. The number of aromatic nitrogens is 2. The maximum absolute atomic E-state index is 12.1. The highest BCUT2D eigenvalue weighted by molar-refractivity contribution is 7.09. The smallest absolute Gasteiger partial charge is 0.252 e. The molecule has 0 saturated heterocycles. The van der Waals surface area contributed by atoms with Crippen LogP contribution in [0.15, 0.2) is 17.6 Å². The van der Waals surface area contributed by atoms with E-state index in [1.165, 1.54) is 6.20 Å². The Morgan fingerprint density at radius 3 is 2.83 bits per heavy atom. The molecule has 0 bridgehead atoms. The molecule has 5 nitrogen and oxygen atoms in total. The zero-order valence-electron chi connectivity index (χ0n) is 14.1. The van der Waals surface area contributed by atoms with Gasteiger partial charge in [0, 0.05) is 23.8 Å². The van der Waals surface area contributed by atoms with Crippen molar-refractivity contribution in [2.45, 2.75) is 46.1 Å². The maximum Gasteiger partial charge on any atom is 0.252 e. The van der Waals surface area contributed by atoms with E-state index in [-0.39, 0.29) is 12.0 Å². The number of aryl methyl sites for hydroxylation is 2. The first-order chi connectivity index (χ1) is 11.5. The lowest BCUT2D eigenvalue weighted by molar-refractivity contribution is 0.0952. The van der Waals surface area contributed by atoms with E-state index in [1.54, 1.807) is 17.4 Å². The minimum Gasteiger partial charge on any atom is -0.474 e. The minimum absolute atomic E-state index is 0.0173. The molecule has 24 heavy (non-hydrogen) atoms. The Labute approximate surface area is 151 Å². The van der Waals surface area contributed by atoms with E-state index in [0.29, 0.717) is 23.0 Å². The van der Waals surface area contributed by atoms with Crippen LogP contribution < -0.4 is 10.1 Å². The average molecular weight is 368 g/mol. The van der Waals surface area contributed by atoms with Crippen LogP contribution in [0.4, 0.5) is 0 Å². The Morgan fingerprint density at radius 2 is 2.21 bits per heavy atom. The van der Waals surface area contributed by atoms with Crippen LogP contribution in [-0.4, -0.2) is 28.5 Å². The second kappa shape index (κ2) is 8.99. The molecule has 2 aromatic heterocycles. The number of hydrogen-bond donors (Lipinski definition) is 1. The van der Waals surface area contributed by atoms with Crippen LogP contribution in [0.5, 0.6) is 5.88 Å². The number of pyridine rings is 1. The topological polar surface area (TPSA) is 64.1 Å². The van der Waals surface area contributed by atoms with Crippen LogP contribution in [0.25, 0.3) is 0 Å². The van der Waals surface area contributed by atoms with Crippen LogP contribution in [0.2, 0.25) is 5.02 Å². The minimum atomic E-state index is -0.175. The number of thiazole rings is 1. The van der Waals surface area contributed by atoms with E-state index in [9.17, 15) is 4.79 Å². The Balaban J connectivity index is 1.75. The first-order valence-corrected chi connectivity index (χ1v) is 9.23. The summed E-state index contributed by atoms with van der Waals surface area (Å²) in [6.07, 6.45) is 4.31. The predicted octanol–water partition coefficient (Wildman–Crippen LogP) is 4.04. The Kier molecular flexibility index (Phi) is 6.99. The Bertz CT molecular complexity index is 688. The van der Waals surface area contributed by atoms with Gasteiger partial charge < -0.3 is 10.1 Å². The molecule has 0 aliphatic carbocycles. The van der Waals surface area contributed by atoms with Crippen LogP contribution in [-0.2, 0) is 6.42 Å². The third kappa shape index (κ3) is 5.76. The molecule has 0 fully saturated rings. The molecule has 1 N–H and O–H groups in total. The summed E-state index contributed by atoms with van der Waals surface area (Å²) in [5.41, 5.74) is 1.50. The van der Waals surface area contributed by atoms with Crippen molar-refractivity contribution in [1.82, 2.24) is 15.3 Å². The van der Waals surface area contributed by atoms with Gasteiger partial charge in [-0.05, 0) is 46.1 Å². The van der Waals surface area contributed by atoms with Gasteiger partial charge >= 0.3 is 0 Å². The van der Waals surface area contributed by atoms with Crippen molar-refractivity contribution in [2.24, 2.45) is 0 Å². The number of ether oxygens (including phenoxy) is 1. The number of halogens is 1. The highest BCUT2D eigenvalue weighted by Crippen LogP contribution is 2.23. The fourth-order valence-corrected chi connectivity index (χ4v) is 3.11. The number of amides is 1. The van der Waals surface area contributed by atoms with Gasteiger partial charge in [-0.2, -0.15) is 0 Å². The summed E-state index contributed by atoms with van der Waals surface area (Å²) >= 11 is 7.78. The van der Waals surface area contributed by atoms with Crippen molar-refractivity contribution in [2.75, 3.05) is 6.54 Å². The van der Waals surface area contributed by atoms with Gasteiger partial charge in [0.05, 0.1) is 16.7 Å². The van der Waals surface area contributed by atoms with Gasteiger partial charge in [-0.3, -0.25) is 4.79 Å². The predicted molar refractivity (Wildman–Crippen MR) is 97.1 cm³/mol. The lowest BCUT2D eigenvalue weighted by Crippen LogP contribution is -2.24. The summed E-state index contributed by atoms with van der Waals surface area (Å²) in [5, 5.41) is 6.43. The lowest BCUT2D eigenvalue weighted by atomic mass is 10.2. The van der Waals surface area contributed by atoms with Crippen molar-refractivity contribution in [1.29, 1.82) is 0 Å². The fraction of sp³-hybridized carbons (Fsp3) is 0.471. The van der Waals surface area contributed by atoms with Crippen molar-refractivity contribution >= 4 is 28.8 Å². The van der Waals surface area contributed by atoms with Crippen molar-refractivity contribution < 1.29 is 9.53 Å². The first-order valence-electron chi connectivity index (χ1n) is 7.97. The molecule has 0 unspecified atom stereocenters. The van der Waals surface area contributed by atoms with Crippen LogP contribution >= 0.6 is 22.9 Å². The molecule has 0 radical (unpaired) electrons. The molecule has 2 heterocycles. The van der Waals surface area contributed by atoms with Gasteiger partial charge in [-0.15, -0.1) is 11.3 Å². The summed E-state index contributed by atoms with van der Waals surface area (Å²) < 4.78 is 5.46. The van der Waals surface area contributed by atoms with Gasteiger partial charge in [0.15, 0.2) is 0 Å². The van der Waals surface area contributed by atoms with Crippen molar-refractivity contribution in [3.63, 3.8) is 0 Å². The van der Waals surface area contributed by atoms with E-state index in [0.717, 1.165) is 30.0 Å². The summed E-state index contributed by atoms with van der Waals surface area (Å²) in [7, 11) is 0. The number of nitrogens with zero attached hydrogens (tertiary/aromatic N) is 2. The van der Waals surface area contributed by atoms with Gasteiger partial charge in [0.1, 0.15) is 5.02 Å². The molecule has 0 aliphatic heterocycles. The van der Waals surface area contributed by atoms with Crippen molar-refractivity contribution in [3.8, 4) is 5.88 Å². The standard InChI is InChI=1S/C17H22ClN3O2S/c1-11(2)23-17-14(18)8-13(9-20-17)16(22)19-7-5-4-6-15-21-12(3)10-24-15/h8-11H,4-7H2,1-3H3,(H,19,22). The largest absolute Gasteiger partial charge is 0.474 e. The van der Waals surface area contributed by atoms with E-state index in [1.807, 2.05) is 20.8 Å². The third-order valence-electron chi connectivity index (χ3n) is 3.19. The number of unbranched alkanes of at least 4 members (excludes halogenated alkanes) is 1. The van der Waals surface area contributed by atoms with Gasteiger partial charge in [0.25, 0.3) is 5.91 Å². The zero-order chi connectivity index (χ0) is 17.5. The first kappa shape index (κ1) is 18.7. The molecule has 0 spiro atoms. The highest BCUT2D eigenvalue weighted by Gasteiger charge is 2.11. The second-order valence-corrected chi connectivity index (χ2v) is 7.12. The quantitative estimate of drug-likeness (QED) is 0.715. The van der Waals surface area contributed by atoms with E-state index >= 15 is 0 Å². The number of carbonyl (C=O) groups excluding carboxylic acids is 1. The van der Waals surface area contributed by atoms with E-state index in [2.05, 4.69) is 20.7 Å². The number of hydrogen-bond acceptors (Lipinski definition) is 5. The summed E-state index contributed by atoms with van der Waals surface area (Å²) in [5.74, 6) is 0.174. The SMILES string of the molecule is Cc1csc(CCCCNC(=O)c2cnc(OC(C)C)c(Cl)c2)n1. The van der Waals surface area contributed by atoms with E-state index in [4.69, 9.17) is 16.3 Å². The van der Waals surface area contributed by atoms with Crippen molar-refractivity contribution in [3.05, 3.63) is 38.9 Å². The third-order valence-corrected chi connectivity index (χ3v) is 4.48. The molecular weight excluding hydrogens is 346 g/mol. The summed E-state index contributed by atoms with van der Waals surface area (Å²) in [6.45, 7) is 6.40. The Morgan fingerprint density at radius 1 is 1.42 bits per heavy atom. The molecule has 1 amide bonds. The number of nitrogens with one attached hydrogen (secondary N) is 1. The molecule has 130 valence electrons.